The SMILES string of the molecule is Cc1ccc(S(=O)(=O)N(C)CC(=O)N(Cc2cccc(C)c2)[C@H](C)C(=O)NC(C)(C)C)cc1. The van der Waals surface area contributed by atoms with Crippen LogP contribution in [0.5, 0.6) is 0 Å². The second kappa shape index (κ2) is 10.5. The Kier molecular flexibility index (Phi) is 8.43. The lowest BCUT2D eigenvalue weighted by atomic mass is 10.1. The summed E-state index contributed by atoms with van der Waals surface area (Å²) in [5.41, 5.74) is 2.37. The smallest absolute Gasteiger partial charge is 0.243 e. The maximum atomic E-state index is 13.3. The Hall–Kier alpha value is -2.71. The molecule has 1 N–H and O–H groups in total. The van der Waals surface area contributed by atoms with Gasteiger partial charge in [-0.2, -0.15) is 4.31 Å². The Morgan fingerprint density at radius 1 is 1.00 bits per heavy atom. The van der Waals surface area contributed by atoms with E-state index in [0.717, 1.165) is 21.0 Å². The maximum absolute atomic E-state index is 13.3. The number of rotatable bonds is 8. The minimum absolute atomic E-state index is 0.118. The second-order valence-corrected chi connectivity index (χ2v) is 11.5. The monoisotopic (exact) mass is 473 g/mol. The fourth-order valence-electron chi connectivity index (χ4n) is 3.32. The van der Waals surface area contributed by atoms with Crippen molar-refractivity contribution in [3.63, 3.8) is 0 Å². The third kappa shape index (κ3) is 7.40. The van der Waals surface area contributed by atoms with E-state index in [1.54, 1.807) is 19.1 Å². The molecule has 0 spiro atoms. The van der Waals surface area contributed by atoms with Gasteiger partial charge in [0.1, 0.15) is 6.04 Å². The van der Waals surface area contributed by atoms with Crippen LogP contribution in [-0.2, 0) is 26.2 Å². The van der Waals surface area contributed by atoms with Crippen LogP contribution in [0.25, 0.3) is 0 Å². The minimum atomic E-state index is -3.85. The molecule has 1 atom stereocenters. The van der Waals surface area contributed by atoms with Crippen molar-refractivity contribution in [3.05, 3.63) is 65.2 Å². The molecule has 0 saturated carbocycles. The summed E-state index contributed by atoms with van der Waals surface area (Å²) in [6.45, 7) is 10.9. The third-order valence-electron chi connectivity index (χ3n) is 5.19. The van der Waals surface area contributed by atoms with Gasteiger partial charge < -0.3 is 10.2 Å². The molecule has 2 aromatic carbocycles. The molecular weight excluding hydrogens is 438 g/mol. The molecule has 0 radical (unpaired) electrons. The Balaban J connectivity index is 2.29. The van der Waals surface area contributed by atoms with Gasteiger partial charge >= 0.3 is 0 Å². The molecule has 0 unspecified atom stereocenters. The van der Waals surface area contributed by atoms with Crippen molar-refractivity contribution in [2.24, 2.45) is 0 Å². The first-order chi connectivity index (χ1) is 15.2. The number of sulfonamides is 1. The van der Waals surface area contributed by atoms with Gasteiger partial charge in [0.25, 0.3) is 0 Å². The summed E-state index contributed by atoms with van der Waals surface area (Å²) in [7, 11) is -2.48. The van der Waals surface area contributed by atoms with E-state index in [-0.39, 0.29) is 23.9 Å². The second-order valence-electron chi connectivity index (χ2n) is 9.50. The molecule has 180 valence electrons. The van der Waals surface area contributed by atoms with Crippen molar-refractivity contribution >= 4 is 21.8 Å². The van der Waals surface area contributed by atoms with Gasteiger partial charge in [0.15, 0.2) is 0 Å². The molecule has 0 fully saturated rings. The first kappa shape index (κ1) is 26.5. The van der Waals surface area contributed by atoms with E-state index in [0.29, 0.717) is 0 Å². The number of carbonyl (C=O) groups excluding carboxylic acids is 2. The number of hydrogen-bond acceptors (Lipinski definition) is 4. The highest BCUT2D eigenvalue weighted by Crippen LogP contribution is 2.17. The van der Waals surface area contributed by atoms with Crippen molar-refractivity contribution < 1.29 is 18.0 Å². The van der Waals surface area contributed by atoms with Crippen molar-refractivity contribution in [1.82, 2.24) is 14.5 Å². The highest BCUT2D eigenvalue weighted by molar-refractivity contribution is 7.89. The van der Waals surface area contributed by atoms with E-state index in [1.165, 1.54) is 24.1 Å². The lowest BCUT2D eigenvalue weighted by molar-refractivity contribution is -0.141. The van der Waals surface area contributed by atoms with Crippen LogP contribution in [0, 0.1) is 13.8 Å². The summed E-state index contributed by atoms with van der Waals surface area (Å²) in [6.07, 6.45) is 0. The fraction of sp³-hybridized carbons (Fsp3) is 0.440. The minimum Gasteiger partial charge on any atom is -0.350 e. The van der Waals surface area contributed by atoms with E-state index in [2.05, 4.69) is 5.32 Å². The van der Waals surface area contributed by atoms with Crippen molar-refractivity contribution in [2.75, 3.05) is 13.6 Å². The summed E-state index contributed by atoms with van der Waals surface area (Å²) >= 11 is 0. The average molecular weight is 474 g/mol. The topological polar surface area (TPSA) is 86.8 Å². The molecule has 0 aromatic heterocycles. The molecule has 0 aliphatic rings. The molecule has 0 saturated heterocycles. The van der Waals surface area contributed by atoms with Gasteiger partial charge in [-0.05, 0) is 59.2 Å². The number of nitrogens with zero attached hydrogens (tertiary/aromatic N) is 2. The summed E-state index contributed by atoms with van der Waals surface area (Å²) in [5, 5.41) is 2.90. The quantitative estimate of drug-likeness (QED) is 0.638. The van der Waals surface area contributed by atoms with E-state index >= 15 is 0 Å². The standard InChI is InChI=1S/C25H35N3O4S/c1-18-11-13-22(14-12-18)33(31,32)27(7)17-23(29)28(16-21-10-8-9-19(2)15-21)20(3)24(30)26-25(4,5)6/h8-15,20H,16-17H2,1-7H3,(H,26,30)/t20-/m1/s1. The van der Waals surface area contributed by atoms with Gasteiger partial charge in [0.05, 0.1) is 11.4 Å². The van der Waals surface area contributed by atoms with E-state index in [4.69, 9.17) is 0 Å². The van der Waals surface area contributed by atoms with Crippen LogP contribution in [0.2, 0.25) is 0 Å². The van der Waals surface area contributed by atoms with Crippen LogP contribution in [0.1, 0.15) is 44.4 Å². The third-order valence-corrected chi connectivity index (χ3v) is 7.01. The Labute approximate surface area is 197 Å². The maximum Gasteiger partial charge on any atom is 0.243 e. The van der Waals surface area contributed by atoms with Crippen molar-refractivity contribution in [2.45, 2.75) is 64.6 Å². The van der Waals surface area contributed by atoms with Gasteiger partial charge in [-0.25, -0.2) is 8.42 Å². The molecular formula is C25H35N3O4S. The van der Waals surface area contributed by atoms with E-state index in [1.807, 2.05) is 58.9 Å². The van der Waals surface area contributed by atoms with Crippen LogP contribution >= 0.6 is 0 Å². The number of benzene rings is 2. The zero-order valence-electron chi connectivity index (χ0n) is 20.5. The first-order valence-electron chi connectivity index (χ1n) is 10.9. The molecule has 0 bridgehead atoms. The molecule has 33 heavy (non-hydrogen) atoms. The van der Waals surface area contributed by atoms with Gasteiger partial charge in [-0.3, -0.25) is 9.59 Å². The molecule has 0 heterocycles. The molecule has 0 aliphatic heterocycles. The van der Waals surface area contributed by atoms with Crippen molar-refractivity contribution in [1.29, 1.82) is 0 Å². The zero-order valence-corrected chi connectivity index (χ0v) is 21.4. The lowest BCUT2D eigenvalue weighted by Crippen LogP contribution is -2.54. The number of aryl methyl sites for hydroxylation is 2. The van der Waals surface area contributed by atoms with Gasteiger partial charge in [0.2, 0.25) is 21.8 Å². The van der Waals surface area contributed by atoms with Crippen LogP contribution in [0.4, 0.5) is 0 Å². The van der Waals surface area contributed by atoms with Crippen LogP contribution in [0.15, 0.2) is 53.4 Å². The highest BCUT2D eigenvalue weighted by atomic mass is 32.2. The number of carbonyl (C=O) groups is 2. The summed E-state index contributed by atoms with van der Waals surface area (Å²) in [5.74, 6) is -0.751. The van der Waals surface area contributed by atoms with Crippen LogP contribution in [-0.4, -0.2) is 54.6 Å². The summed E-state index contributed by atoms with van der Waals surface area (Å²) in [4.78, 5) is 27.7. The zero-order chi connectivity index (χ0) is 25.0. The largest absolute Gasteiger partial charge is 0.350 e. The predicted molar refractivity (Wildman–Crippen MR) is 130 cm³/mol. The molecule has 2 aromatic rings. The fourth-order valence-corrected chi connectivity index (χ4v) is 4.44. The van der Waals surface area contributed by atoms with Crippen LogP contribution in [0.3, 0.4) is 0 Å². The Morgan fingerprint density at radius 3 is 2.15 bits per heavy atom. The summed E-state index contributed by atoms with van der Waals surface area (Å²) < 4.78 is 27.0. The molecule has 2 rings (SSSR count). The Bertz CT molecular complexity index is 1090. The highest BCUT2D eigenvalue weighted by Gasteiger charge is 2.31. The van der Waals surface area contributed by atoms with Gasteiger partial charge in [-0.1, -0.05) is 47.5 Å². The van der Waals surface area contributed by atoms with Gasteiger partial charge in [0, 0.05) is 19.1 Å². The molecule has 0 aliphatic carbocycles. The number of hydrogen-bond donors (Lipinski definition) is 1. The molecule has 8 heteroatoms. The van der Waals surface area contributed by atoms with E-state index in [9.17, 15) is 18.0 Å². The number of likely N-dealkylation sites (N-methyl/N-ethyl adjacent to an activating group) is 1. The predicted octanol–water partition coefficient (Wildman–Crippen LogP) is 3.26. The number of nitrogens with one attached hydrogen (secondary N) is 1. The summed E-state index contributed by atoms with van der Waals surface area (Å²) in [6, 6.07) is 13.4. The van der Waals surface area contributed by atoms with Crippen LogP contribution < -0.4 is 5.32 Å². The number of amides is 2. The first-order valence-corrected chi connectivity index (χ1v) is 12.3. The molecule has 2 amide bonds. The normalized spacial score (nSPS) is 13.0. The van der Waals surface area contributed by atoms with E-state index < -0.39 is 27.5 Å². The van der Waals surface area contributed by atoms with Gasteiger partial charge in [-0.15, -0.1) is 0 Å². The average Bonchev–Trinajstić information content (AvgIpc) is 2.70. The lowest BCUT2D eigenvalue weighted by Gasteiger charge is -2.32. The molecule has 7 nitrogen and oxygen atoms in total. The Morgan fingerprint density at radius 2 is 1.61 bits per heavy atom. The van der Waals surface area contributed by atoms with Crippen molar-refractivity contribution in [3.8, 4) is 0 Å².